The van der Waals surface area contributed by atoms with Gasteiger partial charge in [-0.1, -0.05) is 44.2 Å². The summed E-state index contributed by atoms with van der Waals surface area (Å²) in [5.41, 5.74) is 1.09. The van der Waals surface area contributed by atoms with E-state index in [9.17, 15) is 19.5 Å². The fourth-order valence-electron chi connectivity index (χ4n) is 4.86. The highest BCUT2D eigenvalue weighted by Gasteiger charge is 2.31. The molecule has 2 aliphatic rings. The lowest BCUT2D eigenvalue weighted by Gasteiger charge is -2.23. The van der Waals surface area contributed by atoms with Crippen LogP contribution in [0.15, 0.2) is 47.4 Å². The van der Waals surface area contributed by atoms with Crippen molar-refractivity contribution in [3.05, 3.63) is 69.6 Å². The lowest BCUT2D eigenvalue weighted by Crippen LogP contribution is -2.36. The number of hydrogen-bond donors (Lipinski definition) is 2. The maximum atomic E-state index is 13.4. The van der Waals surface area contributed by atoms with Crippen LogP contribution in [0.4, 0.5) is 0 Å². The Kier molecular flexibility index (Phi) is 6.38. The van der Waals surface area contributed by atoms with Crippen LogP contribution in [0, 0.1) is 5.92 Å². The van der Waals surface area contributed by atoms with Gasteiger partial charge in [-0.2, -0.15) is 9.61 Å². The molecular formula is C27H31N5O4. The SMILES string of the molecule is CC(C)Cn1c(=O)c(C(=O)NC2CC2)c(O)n2ncc(/C=C/C(=O)N3CCC[C@@H]3c3ccccc3)c12. The molecule has 9 heteroatoms. The van der Waals surface area contributed by atoms with Crippen molar-refractivity contribution in [2.24, 2.45) is 5.92 Å². The third-order valence-electron chi connectivity index (χ3n) is 6.72. The van der Waals surface area contributed by atoms with Crippen LogP contribution in [0.25, 0.3) is 11.7 Å². The molecule has 0 radical (unpaired) electrons. The molecule has 5 rings (SSSR count). The second kappa shape index (κ2) is 9.64. The molecule has 1 saturated carbocycles. The Hall–Kier alpha value is -3.88. The fraction of sp³-hybridized carbons (Fsp3) is 0.407. The predicted molar refractivity (Wildman–Crippen MR) is 136 cm³/mol. The van der Waals surface area contributed by atoms with Crippen LogP contribution in [0.3, 0.4) is 0 Å². The third kappa shape index (κ3) is 4.53. The number of hydrogen-bond acceptors (Lipinski definition) is 5. The molecule has 3 heterocycles. The second-order valence-corrected chi connectivity index (χ2v) is 10.0. The van der Waals surface area contributed by atoms with Crippen LogP contribution in [-0.2, 0) is 11.3 Å². The van der Waals surface area contributed by atoms with Crippen molar-refractivity contribution in [2.75, 3.05) is 6.54 Å². The number of aromatic nitrogens is 3. The minimum Gasteiger partial charge on any atom is -0.492 e. The van der Waals surface area contributed by atoms with Gasteiger partial charge in [0.2, 0.25) is 11.8 Å². The minimum absolute atomic E-state index is 0.0305. The van der Waals surface area contributed by atoms with Gasteiger partial charge in [-0.3, -0.25) is 19.0 Å². The smallest absolute Gasteiger partial charge is 0.270 e. The van der Waals surface area contributed by atoms with Gasteiger partial charge >= 0.3 is 0 Å². The molecule has 0 unspecified atom stereocenters. The quantitative estimate of drug-likeness (QED) is 0.496. The topological polar surface area (TPSA) is 109 Å². The molecule has 1 aliphatic carbocycles. The molecule has 2 amide bonds. The first kappa shape index (κ1) is 23.8. The molecule has 1 aliphatic heterocycles. The summed E-state index contributed by atoms with van der Waals surface area (Å²) in [5, 5.41) is 17.9. The summed E-state index contributed by atoms with van der Waals surface area (Å²) in [4.78, 5) is 41.1. The molecular weight excluding hydrogens is 458 g/mol. The maximum absolute atomic E-state index is 13.4. The molecule has 9 nitrogen and oxygen atoms in total. The largest absolute Gasteiger partial charge is 0.492 e. The zero-order valence-electron chi connectivity index (χ0n) is 20.6. The Labute approximate surface area is 209 Å². The lowest BCUT2D eigenvalue weighted by atomic mass is 10.0. The molecule has 3 aromatic rings. The van der Waals surface area contributed by atoms with E-state index < -0.39 is 17.3 Å². The molecule has 2 N–H and O–H groups in total. The van der Waals surface area contributed by atoms with Gasteiger partial charge in [0, 0.05) is 30.8 Å². The van der Waals surface area contributed by atoms with E-state index in [-0.39, 0.29) is 29.5 Å². The fourth-order valence-corrected chi connectivity index (χ4v) is 4.86. The van der Waals surface area contributed by atoms with Crippen molar-refractivity contribution in [1.82, 2.24) is 24.4 Å². The van der Waals surface area contributed by atoms with Crippen molar-refractivity contribution >= 4 is 23.5 Å². The Morgan fingerprint density at radius 2 is 1.94 bits per heavy atom. The Bertz CT molecular complexity index is 1380. The summed E-state index contributed by atoms with van der Waals surface area (Å²) in [6, 6.07) is 10.1. The van der Waals surface area contributed by atoms with E-state index in [1.54, 1.807) is 6.08 Å². The number of benzene rings is 1. The van der Waals surface area contributed by atoms with E-state index in [0.29, 0.717) is 24.3 Å². The van der Waals surface area contributed by atoms with E-state index in [4.69, 9.17) is 0 Å². The standard InChI is InChI=1S/C27H31N5O4/c1-17(2)16-31-25-19(10-13-22(33)30-14-6-9-21(30)18-7-4-3-5-8-18)15-28-32(25)27(36)23(26(31)35)24(34)29-20-11-12-20/h3-5,7-8,10,13,15,17,20-21,36H,6,9,11-12,14,16H2,1-2H3,(H,29,34)/b13-10+/t21-/m1/s1. The van der Waals surface area contributed by atoms with Gasteiger partial charge in [0.15, 0.2) is 5.56 Å². The van der Waals surface area contributed by atoms with Crippen molar-refractivity contribution in [1.29, 1.82) is 0 Å². The molecule has 2 fully saturated rings. The zero-order valence-corrected chi connectivity index (χ0v) is 20.6. The molecule has 1 saturated heterocycles. The monoisotopic (exact) mass is 489 g/mol. The number of rotatable bonds is 7. The molecule has 0 spiro atoms. The van der Waals surface area contributed by atoms with Gasteiger partial charge in [0.25, 0.3) is 11.5 Å². The summed E-state index contributed by atoms with van der Waals surface area (Å²) in [6.45, 7) is 4.93. The van der Waals surface area contributed by atoms with E-state index in [0.717, 1.165) is 31.2 Å². The van der Waals surface area contributed by atoms with Crippen LogP contribution in [-0.4, -0.2) is 48.6 Å². The van der Waals surface area contributed by atoms with Crippen molar-refractivity contribution in [3.63, 3.8) is 0 Å². The van der Waals surface area contributed by atoms with E-state index >= 15 is 0 Å². The van der Waals surface area contributed by atoms with Crippen LogP contribution in [0.1, 0.15) is 67.1 Å². The number of fused-ring (bicyclic) bond motifs is 1. The average molecular weight is 490 g/mol. The van der Waals surface area contributed by atoms with Crippen LogP contribution < -0.4 is 10.9 Å². The number of amides is 2. The summed E-state index contributed by atoms with van der Waals surface area (Å²) in [6.07, 6.45) is 8.19. The number of nitrogens with zero attached hydrogens (tertiary/aromatic N) is 4. The Morgan fingerprint density at radius 1 is 1.19 bits per heavy atom. The summed E-state index contributed by atoms with van der Waals surface area (Å²) >= 11 is 0. The van der Waals surface area contributed by atoms with Crippen LogP contribution in [0.5, 0.6) is 5.88 Å². The molecule has 1 atom stereocenters. The van der Waals surface area contributed by atoms with E-state index in [2.05, 4.69) is 10.4 Å². The molecule has 1 aromatic carbocycles. The van der Waals surface area contributed by atoms with Gasteiger partial charge in [-0.25, -0.2) is 0 Å². The number of carbonyl (C=O) groups excluding carboxylic acids is 2. The highest BCUT2D eigenvalue weighted by molar-refractivity contribution is 5.97. The molecule has 0 bridgehead atoms. The lowest BCUT2D eigenvalue weighted by molar-refractivity contribution is -0.126. The highest BCUT2D eigenvalue weighted by Crippen LogP contribution is 2.32. The van der Waals surface area contributed by atoms with Crippen LogP contribution >= 0.6 is 0 Å². The maximum Gasteiger partial charge on any atom is 0.270 e. The van der Waals surface area contributed by atoms with Crippen molar-refractivity contribution in [2.45, 2.75) is 58.2 Å². The summed E-state index contributed by atoms with van der Waals surface area (Å²) in [5.74, 6) is -1.12. The van der Waals surface area contributed by atoms with Crippen molar-refractivity contribution < 1.29 is 14.7 Å². The van der Waals surface area contributed by atoms with Gasteiger partial charge in [0.05, 0.1) is 12.2 Å². The van der Waals surface area contributed by atoms with E-state index in [1.165, 1.54) is 21.4 Å². The third-order valence-corrected chi connectivity index (χ3v) is 6.72. The first-order chi connectivity index (χ1) is 17.3. The van der Waals surface area contributed by atoms with Crippen LogP contribution in [0.2, 0.25) is 0 Å². The second-order valence-electron chi connectivity index (χ2n) is 10.0. The summed E-state index contributed by atoms with van der Waals surface area (Å²) < 4.78 is 2.67. The molecule has 2 aromatic heterocycles. The van der Waals surface area contributed by atoms with Gasteiger partial charge in [-0.05, 0) is 43.2 Å². The zero-order chi connectivity index (χ0) is 25.4. The first-order valence-corrected chi connectivity index (χ1v) is 12.5. The number of nitrogens with one attached hydrogen (secondary N) is 1. The van der Waals surface area contributed by atoms with E-state index in [1.807, 2.05) is 49.1 Å². The van der Waals surface area contributed by atoms with Gasteiger partial charge in [-0.15, -0.1) is 0 Å². The Morgan fingerprint density at radius 3 is 2.64 bits per heavy atom. The molecule has 188 valence electrons. The Balaban J connectivity index is 1.50. The summed E-state index contributed by atoms with van der Waals surface area (Å²) in [7, 11) is 0. The van der Waals surface area contributed by atoms with Crippen molar-refractivity contribution in [3.8, 4) is 5.88 Å². The molecule has 36 heavy (non-hydrogen) atoms. The normalized spacial score (nSPS) is 18.0. The average Bonchev–Trinajstić information content (AvgIpc) is 3.36. The highest BCUT2D eigenvalue weighted by atomic mass is 16.3. The first-order valence-electron chi connectivity index (χ1n) is 12.5. The van der Waals surface area contributed by atoms with Gasteiger partial charge in [0.1, 0.15) is 5.65 Å². The number of carbonyl (C=O) groups is 2. The number of likely N-dealkylation sites (tertiary alicyclic amines) is 1. The predicted octanol–water partition coefficient (Wildman–Crippen LogP) is 3.13. The minimum atomic E-state index is -0.594. The number of aromatic hydroxyl groups is 1. The van der Waals surface area contributed by atoms with Gasteiger partial charge < -0.3 is 15.3 Å².